The largest absolute Gasteiger partial charge is 0.376 e. The first-order valence-corrected chi connectivity index (χ1v) is 13.8. The molecule has 0 saturated carbocycles. The second kappa shape index (κ2) is 11.3. The molecule has 33 heavy (non-hydrogen) atoms. The predicted molar refractivity (Wildman–Crippen MR) is 130 cm³/mol. The molecule has 1 N–H and O–H groups in total. The third-order valence-electron chi connectivity index (χ3n) is 4.67. The topological polar surface area (TPSA) is 111 Å². The summed E-state index contributed by atoms with van der Waals surface area (Å²) in [6.07, 6.45) is 0.985. The standard InChI is InChI=1S/C23H25N2O6PS/c1-33(28,29)25-21-12-13-22(24-26)23(16-21)32(27,31-18-20-10-6-3-7-11-20)15-14-30-17-19-8-4-2-5-9-19/h2-13,16,25H,14-15,17-18H2,1H3. The molecule has 0 aromatic heterocycles. The molecule has 0 aliphatic carbocycles. The van der Waals surface area contributed by atoms with Gasteiger partial charge in [-0.3, -0.25) is 9.29 Å². The van der Waals surface area contributed by atoms with Crippen LogP contribution in [0.1, 0.15) is 11.1 Å². The minimum atomic E-state index is -3.66. The summed E-state index contributed by atoms with van der Waals surface area (Å²) in [6, 6.07) is 22.8. The van der Waals surface area contributed by atoms with Gasteiger partial charge in [-0.2, -0.15) is 0 Å². The molecule has 174 valence electrons. The number of hydrogen-bond acceptors (Lipinski definition) is 7. The van der Waals surface area contributed by atoms with Crippen LogP contribution in [0.25, 0.3) is 0 Å². The summed E-state index contributed by atoms with van der Waals surface area (Å²) >= 11 is 0. The number of sulfonamides is 1. The first-order chi connectivity index (χ1) is 15.8. The SMILES string of the molecule is CS(=O)(=O)Nc1ccc(N=O)c(P(=O)(CCOCc2ccccc2)OCc2ccccc2)c1. The maximum atomic E-state index is 14.0. The van der Waals surface area contributed by atoms with Crippen LogP contribution in [0.3, 0.4) is 0 Å². The number of nitrogens with one attached hydrogen (secondary N) is 1. The molecule has 0 radical (unpaired) electrons. The third-order valence-corrected chi connectivity index (χ3v) is 7.68. The molecule has 3 aromatic rings. The Morgan fingerprint density at radius 2 is 1.52 bits per heavy atom. The van der Waals surface area contributed by atoms with Gasteiger partial charge >= 0.3 is 0 Å². The highest BCUT2D eigenvalue weighted by molar-refractivity contribution is 7.92. The van der Waals surface area contributed by atoms with E-state index in [1.807, 2.05) is 60.7 Å². The first kappa shape index (κ1) is 24.8. The van der Waals surface area contributed by atoms with E-state index < -0.39 is 17.4 Å². The quantitative estimate of drug-likeness (QED) is 0.223. The van der Waals surface area contributed by atoms with Gasteiger partial charge in [0.25, 0.3) is 0 Å². The van der Waals surface area contributed by atoms with E-state index in [-0.39, 0.29) is 36.1 Å². The first-order valence-electron chi connectivity index (χ1n) is 10.1. The van der Waals surface area contributed by atoms with Crippen molar-refractivity contribution >= 4 is 34.1 Å². The summed E-state index contributed by atoms with van der Waals surface area (Å²) in [4.78, 5) is 11.5. The normalized spacial score (nSPS) is 13.2. The summed E-state index contributed by atoms with van der Waals surface area (Å²) in [6.45, 7) is 0.468. The van der Waals surface area contributed by atoms with Crippen LogP contribution in [0, 0.1) is 4.91 Å². The molecule has 0 aliphatic rings. The van der Waals surface area contributed by atoms with E-state index in [0.29, 0.717) is 6.61 Å². The fraction of sp³-hybridized carbons (Fsp3) is 0.217. The van der Waals surface area contributed by atoms with Gasteiger partial charge in [0.1, 0.15) is 5.69 Å². The number of benzene rings is 3. The van der Waals surface area contributed by atoms with Crippen molar-refractivity contribution in [2.75, 3.05) is 23.7 Å². The summed E-state index contributed by atoms with van der Waals surface area (Å²) in [7, 11) is -7.24. The van der Waals surface area contributed by atoms with Gasteiger partial charge in [-0.05, 0) is 34.5 Å². The van der Waals surface area contributed by atoms with Crippen LogP contribution >= 0.6 is 7.37 Å². The average molecular weight is 489 g/mol. The van der Waals surface area contributed by atoms with Crippen molar-refractivity contribution in [3.63, 3.8) is 0 Å². The number of nitrogens with zero attached hydrogens (tertiary/aromatic N) is 1. The lowest BCUT2D eigenvalue weighted by molar-refractivity contribution is 0.133. The van der Waals surface area contributed by atoms with Crippen molar-refractivity contribution in [1.82, 2.24) is 0 Å². The highest BCUT2D eigenvalue weighted by Gasteiger charge is 2.30. The predicted octanol–water partition coefficient (Wildman–Crippen LogP) is 4.79. The van der Waals surface area contributed by atoms with Gasteiger partial charge in [0.2, 0.25) is 17.4 Å². The Hall–Kier alpha value is -2.84. The Labute approximate surface area is 193 Å². The van der Waals surface area contributed by atoms with Crippen LogP contribution in [0.5, 0.6) is 0 Å². The molecule has 0 spiro atoms. The lowest BCUT2D eigenvalue weighted by Crippen LogP contribution is -2.17. The fourth-order valence-electron chi connectivity index (χ4n) is 3.11. The van der Waals surface area contributed by atoms with Gasteiger partial charge in [-0.25, -0.2) is 8.42 Å². The molecule has 0 aliphatic heterocycles. The van der Waals surface area contributed by atoms with Crippen molar-refractivity contribution in [2.45, 2.75) is 13.2 Å². The highest BCUT2D eigenvalue weighted by atomic mass is 32.2. The van der Waals surface area contributed by atoms with E-state index in [4.69, 9.17) is 9.26 Å². The van der Waals surface area contributed by atoms with E-state index in [9.17, 15) is 17.9 Å². The Morgan fingerprint density at radius 3 is 2.09 bits per heavy atom. The molecule has 0 bridgehead atoms. The lowest BCUT2D eigenvalue weighted by atomic mass is 10.2. The van der Waals surface area contributed by atoms with E-state index in [1.165, 1.54) is 18.2 Å². The molecule has 3 rings (SSSR count). The smallest absolute Gasteiger partial charge is 0.237 e. The molecule has 1 atom stereocenters. The van der Waals surface area contributed by atoms with Gasteiger partial charge in [-0.1, -0.05) is 60.7 Å². The maximum absolute atomic E-state index is 14.0. The second-order valence-electron chi connectivity index (χ2n) is 7.36. The fourth-order valence-corrected chi connectivity index (χ4v) is 5.70. The van der Waals surface area contributed by atoms with Crippen LogP contribution in [0.2, 0.25) is 0 Å². The summed E-state index contributed by atoms with van der Waals surface area (Å²) in [5.74, 6) is 0. The van der Waals surface area contributed by atoms with Crippen molar-refractivity contribution < 1.29 is 22.2 Å². The van der Waals surface area contributed by atoms with Crippen molar-refractivity contribution in [2.24, 2.45) is 5.18 Å². The van der Waals surface area contributed by atoms with Gasteiger partial charge in [0.15, 0.2) is 0 Å². The average Bonchev–Trinajstić information content (AvgIpc) is 2.81. The summed E-state index contributed by atoms with van der Waals surface area (Å²) in [5.41, 5.74) is 1.85. The molecule has 0 amide bonds. The minimum absolute atomic E-state index is 0.0164. The zero-order valence-electron chi connectivity index (χ0n) is 18.1. The van der Waals surface area contributed by atoms with Crippen LogP contribution in [-0.4, -0.2) is 27.4 Å². The summed E-state index contributed by atoms with van der Waals surface area (Å²) < 4.78 is 51.2. The molecule has 10 heteroatoms. The Morgan fingerprint density at radius 1 is 0.909 bits per heavy atom. The van der Waals surface area contributed by atoms with E-state index >= 15 is 0 Å². The van der Waals surface area contributed by atoms with Gasteiger partial charge < -0.3 is 9.26 Å². The lowest BCUT2D eigenvalue weighted by Gasteiger charge is -2.21. The van der Waals surface area contributed by atoms with E-state index in [1.54, 1.807) is 0 Å². The molecular formula is C23H25N2O6PS. The number of nitroso groups, excluding NO2 is 1. The molecule has 0 saturated heterocycles. The molecule has 0 fully saturated rings. The van der Waals surface area contributed by atoms with Crippen LogP contribution in [-0.2, 0) is 37.1 Å². The molecule has 8 nitrogen and oxygen atoms in total. The zero-order chi connectivity index (χ0) is 23.7. The molecular weight excluding hydrogens is 463 g/mol. The Bertz CT molecular complexity index is 1220. The number of anilines is 1. The maximum Gasteiger partial charge on any atom is 0.237 e. The van der Waals surface area contributed by atoms with Crippen LogP contribution in [0.15, 0.2) is 84.0 Å². The van der Waals surface area contributed by atoms with Crippen LogP contribution in [0.4, 0.5) is 11.4 Å². The van der Waals surface area contributed by atoms with Crippen molar-refractivity contribution in [1.29, 1.82) is 0 Å². The minimum Gasteiger partial charge on any atom is -0.376 e. The monoisotopic (exact) mass is 488 g/mol. The molecule has 0 heterocycles. The number of rotatable bonds is 12. The van der Waals surface area contributed by atoms with E-state index in [2.05, 4.69) is 9.90 Å². The molecule has 1 unspecified atom stereocenters. The third kappa shape index (κ3) is 7.61. The van der Waals surface area contributed by atoms with Crippen molar-refractivity contribution in [3.05, 3.63) is 94.9 Å². The second-order valence-corrected chi connectivity index (χ2v) is 11.6. The highest BCUT2D eigenvalue weighted by Crippen LogP contribution is 2.49. The van der Waals surface area contributed by atoms with Crippen molar-refractivity contribution in [3.8, 4) is 0 Å². The Kier molecular flexibility index (Phi) is 8.52. The summed E-state index contributed by atoms with van der Waals surface area (Å²) in [5, 5.41) is 3.03. The number of hydrogen-bond donors (Lipinski definition) is 1. The van der Waals surface area contributed by atoms with Crippen LogP contribution < -0.4 is 10.0 Å². The van der Waals surface area contributed by atoms with Gasteiger partial charge in [0, 0.05) is 5.69 Å². The Balaban J connectivity index is 1.85. The van der Waals surface area contributed by atoms with Gasteiger partial charge in [-0.15, -0.1) is 4.91 Å². The zero-order valence-corrected chi connectivity index (χ0v) is 19.8. The van der Waals surface area contributed by atoms with Gasteiger partial charge in [0.05, 0.1) is 37.5 Å². The number of ether oxygens (including phenoxy) is 1. The molecule has 3 aromatic carbocycles. The van der Waals surface area contributed by atoms with E-state index in [0.717, 1.165) is 17.4 Å².